The number of hydrogen-bond donors (Lipinski definition) is 0. The molecule has 4 rings (SSSR count). The Morgan fingerprint density at radius 1 is 1.04 bits per heavy atom. The Bertz CT molecular complexity index is 1680. The largest absolute Gasteiger partial charge is 0.619 e. The van der Waals surface area contributed by atoms with Gasteiger partial charge < -0.3 is 28.3 Å². The van der Waals surface area contributed by atoms with Gasteiger partial charge in [-0.3, -0.25) is 9.59 Å². The van der Waals surface area contributed by atoms with E-state index in [1.807, 2.05) is 0 Å². The summed E-state index contributed by atoms with van der Waals surface area (Å²) < 4.78 is 75.9. The number of methoxy groups -OCH3 is 1. The van der Waals surface area contributed by atoms with Gasteiger partial charge >= 0.3 is 22.7 Å². The SMILES string of the molecule is COc1ccc(C(=O)SCC(=O)O[C@@H](Cc2c(Cl)c[n+]([O-])cc2Cl)c2ccc(OC(F)F)c(OCC3CC3)c2)cc1OS(C)(=O)=O. The van der Waals surface area contributed by atoms with Gasteiger partial charge in [-0.25, -0.2) is 0 Å². The molecule has 1 atom stereocenters. The molecule has 0 spiro atoms. The minimum atomic E-state index is -3.93. The third-order valence-electron chi connectivity index (χ3n) is 6.41. The molecule has 17 heteroatoms. The molecule has 0 amide bonds. The smallest absolute Gasteiger partial charge is 0.387 e. The van der Waals surface area contributed by atoms with Crippen molar-refractivity contribution in [1.29, 1.82) is 0 Å². The molecule has 46 heavy (non-hydrogen) atoms. The van der Waals surface area contributed by atoms with Gasteiger partial charge in [-0.1, -0.05) is 41.0 Å². The van der Waals surface area contributed by atoms with Crippen LogP contribution in [0.4, 0.5) is 8.78 Å². The average Bonchev–Trinajstić information content (AvgIpc) is 3.80. The van der Waals surface area contributed by atoms with E-state index >= 15 is 0 Å². The van der Waals surface area contributed by atoms with Crippen LogP contribution < -0.4 is 23.1 Å². The molecule has 0 bridgehead atoms. The zero-order chi connectivity index (χ0) is 33.6. The Labute approximate surface area is 277 Å². The first-order valence-corrected chi connectivity index (χ1v) is 17.0. The van der Waals surface area contributed by atoms with Crippen LogP contribution in [0.1, 0.15) is 40.4 Å². The number of thioether (sulfide) groups is 1. The van der Waals surface area contributed by atoms with Crippen LogP contribution in [0.25, 0.3) is 0 Å². The van der Waals surface area contributed by atoms with Crippen LogP contribution in [0.5, 0.6) is 23.0 Å². The molecule has 0 saturated heterocycles. The highest BCUT2D eigenvalue weighted by Gasteiger charge is 2.27. The topological polar surface area (TPSA) is 141 Å². The molecule has 0 N–H and O–H groups in total. The van der Waals surface area contributed by atoms with Crippen molar-refractivity contribution in [2.75, 3.05) is 25.7 Å². The molecule has 248 valence electrons. The summed E-state index contributed by atoms with van der Waals surface area (Å²) in [6.45, 7) is -2.84. The van der Waals surface area contributed by atoms with Crippen molar-refractivity contribution in [3.8, 4) is 23.0 Å². The number of hydrogen-bond acceptors (Lipinski definition) is 11. The van der Waals surface area contributed by atoms with E-state index < -0.39 is 39.7 Å². The predicted octanol–water partition coefficient (Wildman–Crippen LogP) is 5.76. The number of nitrogens with zero attached hydrogens (tertiary/aromatic N) is 1. The number of halogens is 4. The molecule has 1 heterocycles. The third-order valence-corrected chi connectivity index (χ3v) is 8.42. The normalized spacial score (nSPS) is 13.6. The van der Waals surface area contributed by atoms with E-state index in [2.05, 4.69) is 4.74 Å². The van der Waals surface area contributed by atoms with Crippen molar-refractivity contribution < 1.29 is 54.6 Å². The predicted molar refractivity (Wildman–Crippen MR) is 165 cm³/mol. The number of carbonyl (C=O) groups excluding carboxylic acids is 2. The summed E-state index contributed by atoms with van der Waals surface area (Å²) in [5.74, 6) is -1.39. The number of pyridine rings is 1. The Balaban J connectivity index is 1.56. The van der Waals surface area contributed by atoms with Crippen LogP contribution >= 0.6 is 35.0 Å². The quantitative estimate of drug-likeness (QED) is 0.0818. The van der Waals surface area contributed by atoms with Gasteiger partial charge in [-0.15, -0.1) is 0 Å². The van der Waals surface area contributed by atoms with Crippen LogP contribution in [-0.4, -0.2) is 51.8 Å². The van der Waals surface area contributed by atoms with E-state index in [0.717, 1.165) is 37.6 Å². The van der Waals surface area contributed by atoms with Crippen LogP contribution in [0.2, 0.25) is 10.0 Å². The van der Waals surface area contributed by atoms with Crippen LogP contribution in [0, 0.1) is 11.1 Å². The van der Waals surface area contributed by atoms with Gasteiger partial charge in [0.15, 0.2) is 35.4 Å². The van der Waals surface area contributed by atoms with Crippen molar-refractivity contribution in [3.63, 3.8) is 0 Å². The lowest BCUT2D eigenvalue weighted by Gasteiger charge is -2.21. The van der Waals surface area contributed by atoms with Gasteiger partial charge in [0, 0.05) is 17.5 Å². The van der Waals surface area contributed by atoms with Crippen molar-refractivity contribution in [3.05, 3.63) is 80.7 Å². The highest BCUT2D eigenvalue weighted by atomic mass is 35.5. The lowest BCUT2D eigenvalue weighted by Crippen LogP contribution is -2.25. The maximum Gasteiger partial charge on any atom is 0.387 e. The monoisotopic (exact) mass is 721 g/mol. The molecule has 1 fully saturated rings. The summed E-state index contributed by atoms with van der Waals surface area (Å²) >= 11 is 13.1. The van der Waals surface area contributed by atoms with Gasteiger partial charge in [0.2, 0.25) is 5.12 Å². The molecular weight excluding hydrogens is 695 g/mol. The molecule has 1 aromatic heterocycles. The molecule has 2 aromatic carbocycles. The minimum absolute atomic E-state index is 0.00424. The average molecular weight is 723 g/mol. The Hall–Kier alpha value is -3.53. The fourth-order valence-electron chi connectivity index (χ4n) is 4.09. The first-order valence-electron chi connectivity index (χ1n) is 13.4. The standard InChI is InChI=1S/C29H27Cl2F2NO10S2/c1-40-22-7-6-18(10-26(22)44-46(2,38)39)28(36)45-15-27(35)42-24(11-19-20(30)12-34(37)13-21(19)31)17-5-8-23(43-29(32)33)25(9-17)41-14-16-3-4-16/h5-10,12-13,16,24,29H,3-4,11,14-15H2,1-2H3/t24-/m0/s1. The Morgan fingerprint density at radius 2 is 1.72 bits per heavy atom. The van der Waals surface area contributed by atoms with Crippen molar-refractivity contribution in [2.45, 2.75) is 32.0 Å². The van der Waals surface area contributed by atoms with E-state index in [1.54, 1.807) is 0 Å². The molecule has 0 unspecified atom stereocenters. The summed E-state index contributed by atoms with van der Waals surface area (Å²) in [5, 5.41) is 11.2. The van der Waals surface area contributed by atoms with Gasteiger partial charge in [0.05, 0.1) is 25.7 Å². The number of aromatic nitrogens is 1. The highest BCUT2D eigenvalue weighted by Crippen LogP contribution is 2.38. The lowest BCUT2D eigenvalue weighted by atomic mass is 10.0. The van der Waals surface area contributed by atoms with Crippen LogP contribution in [0.15, 0.2) is 48.8 Å². The zero-order valence-electron chi connectivity index (χ0n) is 24.2. The second-order valence-electron chi connectivity index (χ2n) is 10.0. The van der Waals surface area contributed by atoms with Gasteiger partial charge in [-0.05, 0) is 54.7 Å². The molecule has 11 nitrogen and oxygen atoms in total. The van der Waals surface area contributed by atoms with Crippen LogP contribution in [0.3, 0.4) is 0 Å². The molecule has 1 aliphatic rings. The molecule has 1 saturated carbocycles. The molecular formula is C29H27Cl2F2NO10S2. The van der Waals surface area contributed by atoms with Gasteiger partial charge in [0.25, 0.3) is 0 Å². The summed E-state index contributed by atoms with van der Waals surface area (Å²) in [7, 11) is -2.64. The van der Waals surface area contributed by atoms with Crippen molar-refractivity contribution in [2.24, 2.45) is 5.92 Å². The highest BCUT2D eigenvalue weighted by molar-refractivity contribution is 8.14. The zero-order valence-corrected chi connectivity index (χ0v) is 27.4. The lowest BCUT2D eigenvalue weighted by molar-refractivity contribution is -0.605. The van der Waals surface area contributed by atoms with Crippen molar-refractivity contribution >= 4 is 56.2 Å². The first kappa shape index (κ1) is 35.3. The second kappa shape index (κ2) is 15.4. The minimum Gasteiger partial charge on any atom is -0.619 e. The number of alkyl halides is 2. The van der Waals surface area contributed by atoms with E-state index in [4.69, 9.17) is 41.6 Å². The van der Waals surface area contributed by atoms with Gasteiger partial charge in [-0.2, -0.15) is 21.9 Å². The maximum absolute atomic E-state index is 13.1. The number of ether oxygens (including phenoxy) is 4. The molecule has 3 aromatic rings. The number of benzene rings is 2. The van der Waals surface area contributed by atoms with Gasteiger partial charge in [0.1, 0.15) is 16.1 Å². The van der Waals surface area contributed by atoms with E-state index in [1.165, 1.54) is 37.4 Å². The maximum atomic E-state index is 13.1. The van der Waals surface area contributed by atoms with E-state index in [9.17, 15) is 32.0 Å². The second-order valence-corrected chi connectivity index (χ2v) is 13.4. The number of carbonyl (C=O) groups is 2. The molecule has 1 aliphatic carbocycles. The van der Waals surface area contributed by atoms with Crippen molar-refractivity contribution in [1.82, 2.24) is 0 Å². The fraction of sp³-hybridized carbons (Fsp3) is 0.345. The van der Waals surface area contributed by atoms with E-state index in [-0.39, 0.29) is 63.1 Å². The summed E-state index contributed by atoms with van der Waals surface area (Å²) in [6, 6.07) is 7.92. The molecule has 0 aliphatic heterocycles. The Morgan fingerprint density at radius 3 is 2.33 bits per heavy atom. The first-order chi connectivity index (χ1) is 21.7. The molecule has 0 radical (unpaired) electrons. The Kier molecular flexibility index (Phi) is 11.8. The number of rotatable bonds is 15. The summed E-state index contributed by atoms with van der Waals surface area (Å²) in [5.41, 5.74) is 0.595. The summed E-state index contributed by atoms with van der Waals surface area (Å²) in [4.78, 5) is 25.9. The van der Waals surface area contributed by atoms with E-state index in [0.29, 0.717) is 22.1 Å². The number of esters is 1. The summed E-state index contributed by atoms with van der Waals surface area (Å²) in [6.07, 6.45) is 3.58. The van der Waals surface area contributed by atoms with Crippen LogP contribution in [-0.2, 0) is 26.1 Å². The fourth-order valence-corrected chi connectivity index (χ4v) is 5.76. The third kappa shape index (κ3) is 10.2.